The van der Waals surface area contributed by atoms with Crippen molar-refractivity contribution < 1.29 is 34.4 Å². The van der Waals surface area contributed by atoms with Gasteiger partial charge in [0, 0.05) is 19.3 Å². The van der Waals surface area contributed by atoms with Crippen LogP contribution in [-0.4, -0.2) is 53.4 Å². The van der Waals surface area contributed by atoms with Crippen LogP contribution < -0.4 is 10.4 Å². The van der Waals surface area contributed by atoms with Gasteiger partial charge >= 0.3 is 5.97 Å². The molecule has 0 saturated carbocycles. The van der Waals surface area contributed by atoms with E-state index < -0.39 is 49.6 Å². The highest BCUT2D eigenvalue weighted by molar-refractivity contribution is 5.86. The van der Waals surface area contributed by atoms with E-state index in [-0.39, 0.29) is 0 Å². The first-order valence-corrected chi connectivity index (χ1v) is 4.79. The van der Waals surface area contributed by atoms with Gasteiger partial charge in [-0.25, -0.2) is 4.79 Å². The minimum absolute atomic E-state index is 0.488. The molecule has 1 unspecified atom stereocenters. The van der Waals surface area contributed by atoms with Crippen LogP contribution >= 0.6 is 0 Å². The number of carboxylic acids is 1. The number of aliphatic hydroxyl groups is 2. The second-order valence-electron chi connectivity index (χ2n) is 3.30. The zero-order valence-electron chi connectivity index (χ0n) is 9.21. The molecule has 8 heteroatoms. The summed E-state index contributed by atoms with van der Waals surface area (Å²) in [6.45, 7) is 0.0230. The summed E-state index contributed by atoms with van der Waals surface area (Å²) in [5, 5.41) is 29.8. The minimum atomic E-state index is -1.52. The predicted molar refractivity (Wildman–Crippen MR) is 51.3 cm³/mol. The Balaban J connectivity index is 4.31. The van der Waals surface area contributed by atoms with Gasteiger partial charge in [0.15, 0.2) is 0 Å². The number of amides is 1. The van der Waals surface area contributed by atoms with E-state index in [4.69, 9.17) is 10.2 Å². The summed E-state index contributed by atoms with van der Waals surface area (Å²) in [4.78, 5) is 32.4. The molecule has 0 aliphatic rings. The molecule has 0 aromatic carbocycles. The number of hydrogen-bond acceptors (Lipinski definition) is 7. The van der Waals surface area contributed by atoms with Gasteiger partial charge in [-0.1, -0.05) is 0 Å². The molecule has 0 aromatic heterocycles. The standard InChI is InChI=1S/C9H15NO7/c1-5(12)10-7(2-8(14)15)9(16)17-4-6(13)3-11/h6-7,11,13H,2-4H2,1H3,(H,10,12)(H,14,15)/p-1/t6?,7-/m0/s1. The topological polar surface area (TPSA) is 136 Å². The zero-order chi connectivity index (χ0) is 13.4. The van der Waals surface area contributed by atoms with Crippen LogP contribution in [0.4, 0.5) is 0 Å². The highest BCUT2D eigenvalue weighted by Gasteiger charge is 2.22. The lowest BCUT2D eigenvalue weighted by Gasteiger charge is -2.18. The van der Waals surface area contributed by atoms with E-state index in [2.05, 4.69) is 10.1 Å². The zero-order valence-corrected chi connectivity index (χ0v) is 9.21. The highest BCUT2D eigenvalue weighted by atomic mass is 16.5. The van der Waals surface area contributed by atoms with Gasteiger partial charge < -0.3 is 30.2 Å². The molecule has 0 aliphatic heterocycles. The number of carbonyl (C=O) groups excluding carboxylic acids is 3. The first kappa shape index (κ1) is 15.3. The Kier molecular flexibility index (Phi) is 6.83. The number of nitrogens with one attached hydrogen (secondary N) is 1. The molecule has 0 radical (unpaired) electrons. The molecule has 1 amide bonds. The fourth-order valence-electron chi connectivity index (χ4n) is 0.937. The maximum Gasteiger partial charge on any atom is 0.329 e. The summed E-state index contributed by atoms with van der Waals surface area (Å²) in [5.74, 6) is -3.14. The lowest BCUT2D eigenvalue weighted by molar-refractivity contribution is -0.306. The third kappa shape index (κ3) is 7.25. The molecule has 98 valence electrons. The van der Waals surface area contributed by atoms with E-state index >= 15 is 0 Å². The molecular formula is C9H14NO7-. The summed E-state index contributed by atoms with van der Waals surface area (Å²) < 4.78 is 4.50. The highest BCUT2D eigenvalue weighted by Crippen LogP contribution is 1.97. The van der Waals surface area contributed by atoms with E-state index in [1.807, 2.05) is 0 Å². The summed E-state index contributed by atoms with van der Waals surface area (Å²) in [6.07, 6.45) is -1.98. The Labute approximate surface area is 97.2 Å². The van der Waals surface area contributed by atoms with Gasteiger partial charge in [0.25, 0.3) is 0 Å². The molecule has 0 rings (SSSR count). The fraction of sp³-hybridized carbons (Fsp3) is 0.667. The third-order valence-electron chi connectivity index (χ3n) is 1.66. The molecule has 0 saturated heterocycles. The third-order valence-corrected chi connectivity index (χ3v) is 1.66. The smallest absolute Gasteiger partial charge is 0.329 e. The molecule has 0 spiro atoms. The van der Waals surface area contributed by atoms with Gasteiger partial charge in [-0.05, 0) is 0 Å². The van der Waals surface area contributed by atoms with Gasteiger partial charge in [0.2, 0.25) is 5.91 Å². The van der Waals surface area contributed by atoms with Gasteiger partial charge in [0.05, 0.1) is 6.61 Å². The number of carbonyl (C=O) groups is 3. The molecule has 2 atom stereocenters. The molecule has 0 bridgehead atoms. The maximum atomic E-state index is 11.3. The van der Waals surface area contributed by atoms with E-state index in [0.29, 0.717) is 0 Å². The van der Waals surface area contributed by atoms with Crippen molar-refractivity contribution in [2.45, 2.75) is 25.5 Å². The van der Waals surface area contributed by atoms with Crippen molar-refractivity contribution in [3.8, 4) is 0 Å². The Morgan fingerprint density at radius 1 is 1.41 bits per heavy atom. The van der Waals surface area contributed by atoms with Crippen LogP contribution in [0.5, 0.6) is 0 Å². The summed E-state index contributed by atoms with van der Waals surface area (Å²) >= 11 is 0. The second-order valence-corrected chi connectivity index (χ2v) is 3.30. The van der Waals surface area contributed by atoms with Crippen LogP contribution in [0.25, 0.3) is 0 Å². The van der Waals surface area contributed by atoms with Crippen molar-refractivity contribution in [2.75, 3.05) is 13.2 Å². The normalized spacial score (nSPS) is 13.6. The Morgan fingerprint density at radius 3 is 2.41 bits per heavy atom. The van der Waals surface area contributed by atoms with E-state index in [1.54, 1.807) is 0 Å². The number of aliphatic carboxylic acids is 1. The molecule has 0 heterocycles. The van der Waals surface area contributed by atoms with Gasteiger partial charge in [0.1, 0.15) is 18.8 Å². The summed E-state index contributed by atoms with van der Waals surface area (Å²) in [5.41, 5.74) is 0. The van der Waals surface area contributed by atoms with Crippen LogP contribution in [0, 0.1) is 0 Å². The fourth-order valence-corrected chi connectivity index (χ4v) is 0.937. The van der Waals surface area contributed by atoms with Gasteiger partial charge in [-0.3, -0.25) is 4.79 Å². The van der Waals surface area contributed by atoms with Crippen LogP contribution in [0.3, 0.4) is 0 Å². The van der Waals surface area contributed by atoms with E-state index in [0.717, 1.165) is 6.92 Å². The van der Waals surface area contributed by atoms with Crippen molar-refractivity contribution in [3.05, 3.63) is 0 Å². The van der Waals surface area contributed by atoms with Crippen LogP contribution in [0.15, 0.2) is 0 Å². The number of ether oxygens (including phenoxy) is 1. The van der Waals surface area contributed by atoms with Crippen molar-refractivity contribution >= 4 is 17.8 Å². The van der Waals surface area contributed by atoms with Crippen molar-refractivity contribution in [2.24, 2.45) is 0 Å². The molecule has 0 aliphatic carbocycles. The second kappa shape index (κ2) is 7.58. The maximum absolute atomic E-state index is 11.3. The molecule has 0 fully saturated rings. The Hall–Kier alpha value is -1.67. The van der Waals surface area contributed by atoms with Crippen LogP contribution in [0.1, 0.15) is 13.3 Å². The average Bonchev–Trinajstić information content (AvgIpc) is 2.23. The molecule has 8 nitrogen and oxygen atoms in total. The molecule has 17 heavy (non-hydrogen) atoms. The largest absolute Gasteiger partial charge is 0.550 e. The number of hydrogen-bond donors (Lipinski definition) is 3. The minimum Gasteiger partial charge on any atom is -0.550 e. The van der Waals surface area contributed by atoms with Crippen LogP contribution in [-0.2, 0) is 19.1 Å². The van der Waals surface area contributed by atoms with Gasteiger partial charge in [-0.15, -0.1) is 0 Å². The number of aliphatic hydroxyl groups excluding tert-OH is 2. The quantitative estimate of drug-likeness (QED) is 0.398. The van der Waals surface area contributed by atoms with E-state index in [9.17, 15) is 19.5 Å². The van der Waals surface area contributed by atoms with Crippen LogP contribution in [0.2, 0.25) is 0 Å². The molecule has 3 N–H and O–H groups in total. The predicted octanol–water partition coefficient (Wildman–Crippen LogP) is -3.47. The van der Waals surface area contributed by atoms with Crippen molar-refractivity contribution in [1.82, 2.24) is 5.32 Å². The van der Waals surface area contributed by atoms with Gasteiger partial charge in [-0.2, -0.15) is 0 Å². The summed E-state index contributed by atoms with van der Waals surface area (Å²) in [7, 11) is 0. The number of esters is 1. The first-order valence-electron chi connectivity index (χ1n) is 4.79. The van der Waals surface area contributed by atoms with E-state index in [1.165, 1.54) is 0 Å². The lowest BCUT2D eigenvalue weighted by Crippen LogP contribution is -2.45. The SMILES string of the molecule is CC(=O)N[C@@H](CC(=O)[O-])C(=O)OCC(O)CO. The molecule has 0 aromatic rings. The monoisotopic (exact) mass is 248 g/mol. The molecular weight excluding hydrogens is 234 g/mol. The Morgan fingerprint density at radius 2 is 2.00 bits per heavy atom. The number of rotatable bonds is 7. The van der Waals surface area contributed by atoms with Crippen molar-refractivity contribution in [1.29, 1.82) is 0 Å². The summed E-state index contributed by atoms with van der Waals surface area (Å²) in [6, 6.07) is -1.37. The Bertz CT molecular complexity index is 275. The number of carboxylic acid groups (broad SMARTS) is 1. The average molecular weight is 248 g/mol. The first-order chi connectivity index (χ1) is 7.86. The van der Waals surface area contributed by atoms with Crippen molar-refractivity contribution in [3.63, 3.8) is 0 Å². The lowest BCUT2D eigenvalue weighted by atomic mass is 10.2.